The zero-order chi connectivity index (χ0) is 17.6. The number of nitrogens with one attached hydrogen (secondary N) is 1. The molecule has 0 heterocycles. The summed E-state index contributed by atoms with van der Waals surface area (Å²) in [4.78, 5) is 23.9. The summed E-state index contributed by atoms with van der Waals surface area (Å²) >= 11 is 0. The first-order valence-electron chi connectivity index (χ1n) is 9.22. The molecule has 5 heteroatoms. The molecule has 25 heavy (non-hydrogen) atoms. The van der Waals surface area contributed by atoms with Crippen molar-refractivity contribution in [3.05, 3.63) is 35.4 Å². The Hall–Kier alpha value is -1.72. The van der Waals surface area contributed by atoms with Crippen molar-refractivity contribution in [3.63, 3.8) is 0 Å². The van der Waals surface area contributed by atoms with Gasteiger partial charge in [-0.3, -0.25) is 9.59 Å². The highest BCUT2D eigenvalue weighted by Crippen LogP contribution is 2.61. The highest BCUT2D eigenvalue weighted by Gasteiger charge is 2.56. The highest BCUT2D eigenvalue weighted by molar-refractivity contribution is 6.01. The Morgan fingerprint density at radius 2 is 1.64 bits per heavy atom. The molecule has 0 spiro atoms. The van der Waals surface area contributed by atoms with E-state index in [0.717, 1.165) is 19.3 Å². The zero-order valence-electron chi connectivity index (χ0n) is 14.2. The molecule has 0 unspecified atom stereocenters. The predicted octanol–water partition coefficient (Wildman–Crippen LogP) is 2.12. The molecule has 4 bridgehead atoms. The first kappa shape index (κ1) is 16.7. The number of aldehydes is 1. The van der Waals surface area contributed by atoms with Crippen LogP contribution in [0.4, 0.5) is 0 Å². The maximum atomic E-state index is 12.7. The van der Waals surface area contributed by atoms with Crippen LogP contribution in [0.5, 0.6) is 0 Å². The standard InChI is InChI=1S/C20H25NO4/c22-11-15-3-1-2-4-16(15)18(23)21-17(19(24)25)20-8-12-5-13(9-20)7-14(6-12)10-20/h1-4,11-14,17,19,24-25H,5-10H2,(H,21,23)/t12?,13?,14?,17-,20?/m0/s1. The SMILES string of the molecule is O=Cc1ccccc1C(=O)N[C@@H](C(O)O)C12CC3CC(CC(C3)C1)C2. The van der Waals surface area contributed by atoms with E-state index in [9.17, 15) is 19.8 Å². The Morgan fingerprint density at radius 1 is 1.08 bits per heavy atom. The number of rotatable bonds is 5. The van der Waals surface area contributed by atoms with Crippen molar-refractivity contribution in [1.82, 2.24) is 5.32 Å². The molecule has 4 aliphatic rings. The second kappa shape index (κ2) is 6.22. The van der Waals surface area contributed by atoms with E-state index in [1.165, 1.54) is 19.3 Å². The fraction of sp³-hybridized carbons (Fsp3) is 0.600. The number of hydrogen-bond acceptors (Lipinski definition) is 4. The summed E-state index contributed by atoms with van der Waals surface area (Å²) < 4.78 is 0. The molecule has 0 saturated heterocycles. The molecule has 5 nitrogen and oxygen atoms in total. The maximum absolute atomic E-state index is 12.7. The molecule has 1 aromatic rings. The van der Waals surface area contributed by atoms with Gasteiger partial charge in [-0.15, -0.1) is 0 Å². The molecule has 0 radical (unpaired) electrons. The first-order chi connectivity index (χ1) is 12.0. The summed E-state index contributed by atoms with van der Waals surface area (Å²) in [6.45, 7) is 0. The first-order valence-corrected chi connectivity index (χ1v) is 9.22. The fourth-order valence-corrected chi connectivity index (χ4v) is 6.13. The van der Waals surface area contributed by atoms with Crippen LogP contribution in [0.25, 0.3) is 0 Å². The van der Waals surface area contributed by atoms with Crippen LogP contribution >= 0.6 is 0 Å². The third kappa shape index (κ3) is 2.89. The van der Waals surface area contributed by atoms with E-state index < -0.39 is 18.2 Å². The van der Waals surface area contributed by atoms with Crippen LogP contribution in [-0.2, 0) is 0 Å². The number of aliphatic hydroxyl groups is 2. The van der Waals surface area contributed by atoms with Crippen molar-refractivity contribution < 1.29 is 19.8 Å². The Balaban J connectivity index is 1.60. The minimum absolute atomic E-state index is 0.227. The van der Waals surface area contributed by atoms with E-state index in [2.05, 4.69) is 5.32 Å². The molecule has 1 amide bonds. The van der Waals surface area contributed by atoms with Crippen molar-refractivity contribution >= 4 is 12.2 Å². The summed E-state index contributed by atoms with van der Waals surface area (Å²) in [6, 6.07) is 5.92. The normalized spacial score (nSPS) is 34.1. The van der Waals surface area contributed by atoms with Crippen LogP contribution in [0, 0.1) is 23.2 Å². The van der Waals surface area contributed by atoms with Gasteiger partial charge < -0.3 is 15.5 Å². The lowest BCUT2D eigenvalue weighted by Crippen LogP contribution is -2.61. The Bertz CT molecular complexity index is 649. The van der Waals surface area contributed by atoms with Crippen LogP contribution < -0.4 is 5.32 Å². The van der Waals surface area contributed by atoms with Crippen molar-refractivity contribution in [1.29, 1.82) is 0 Å². The molecule has 4 saturated carbocycles. The van der Waals surface area contributed by atoms with Gasteiger partial charge in [0, 0.05) is 11.1 Å². The molecular weight excluding hydrogens is 318 g/mol. The number of carbonyl (C=O) groups is 2. The summed E-state index contributed by atoms with van der Waals surface area (Å²) in [6.07, 6.45) is 5.66. The maximum Gasteiger partial charge on any atom is 0.252 e. The minimum atomic E-state index is -1.59. The quantitative estimate of drug-likeness (QED) is 0.565. The molecule has 0 aromatic heterocycles. The second-order valence-corrected chi connectivity index (χ2v) is 8.35. The van der Waals surface area contributed by atoms with Crippen molar-refractivity contribution in [2.75, 3.05) is 0 Å². The topological polar surface area (TPSA) is 86.6 Å². The number of benzene rings is 1. The van der Waals surface area contributed by atoms with Gasteiger partial charge in [-0.05, 0) is 67.8 Å². The average Bonchev–Trinajstić information content (AvgIpc) is 2.57. The average molecular weight is 343 g/mol. The van der Waals surface area contributed by atoms with Crippen LogP contribution in [0.1, 0.15) is 59.2 Å². The van der Waals surface area contributed by atoms with E-state index in [1.54, 1.807) is 24.3 Å². The lowest BCUT2D eigenvalue weighted by Gasteiger charge is -2.59. The summed E-state index contributed by atoms with van der Waals surface area (Å²) in [5, 5.41) is 23.0. The number of hydrogen-bond donors (Lipinski definition) is 3. The third-order valence-corrected chi connectivity index (χ3v) is 6.66. The van der Waals surface area contributed by atoms with Gasteiger partial charge in [-0.25, -0.2) is 0 Å². The molecule has 4 fully saturated rings. The molecular formula is C20H25NO4. The Labute approximate surface area is 147 Å². The van der Waals surface area contributed by atoms with Crippen LogP contribution in [0.2, 0.25) is 0 Å². The van der Waals surface area contributed by atoms with E-state index >= 15 is 0 Å². The second-order valence-electron chi connectivity index (χ2n) is 8.35. The monoisotopic (exact) mass is 343 g/mol. The molecule has 3 N–H and O–H groups in total. The van der Waals surface area contributed by atoms with E-state index in [4.69, 9.17) is 0 Å². The minimum Gasteiger partial charge on any atom is -0.366 e. The van der Waals surface area contributed by atoms with Gasteiger partial charge in [0.1, 0.15) is 0 Å². The van der Waals surface area contributed by atoms with Gasteiger partial charge >= 0.3 is 0 Å². The molecule has 4 aliphatic carbocycles. The van der Waals surface area contributed by atoms with Gasteiger partial charge in [-0.2, -0.15) is 0 Å². The van der Waals surface area contributed by atoms with Gasteiger partial charge in [-0.1, -0.05) is 18.2 Å². The Kier molecular flexibility index (Phi) is 4.16. The third-order valence-electron chi connectivity index (χ3n) is 6.66. The zero-order valence-corrected chi connectivity index (χ0v) is 14.2. The lowest BCUT2D eigenvalue weighted by atomic mass is 9.47. The van der Waals surface area contributed by atoms with Crippen LogP contribution in [0.15, 0.2) is 24.3 Å². The number of carbonyl (C=O) groups excluding carboxylic acids is 2. The summed E-state index contributed by atoms with van der Waals surface area (Å²) in [5.41, 5.74) is 0.374. The predicted molar refractivity (Wildman–Crippen MR) is 91.9 cm³/mol. The Morgan fingerprint density at radius 3 is 2.16 bits per heavy atom. The van der Waals surface area contributed by atoms with E-state index in [-0.39, 0.29) is 11.0 Å². The van der Waals surface area contributed by atoms with Crippen molar-refractivity contribution in [3.8, 4) is 0 Å². The van der Waals surface area contributed by atoms with Gasteiger partial charge in [0.05, 0.1) is 6.04 Å². The molecule has 1 atom stereocenters. The molecule has 134 valence electrons. The van der Waals surface area contributed by atoms with E-state index in [0.29, 0.717) is 29.6 Å². The summed E-state index contributed by atoms with van der Waals surface area (Å²) in [5.74, 6) is 1.53. The van der Waals surface area contributed by atoms with Crippen molar-refractivity contribution in [2.45, 2.75) is 50.9 Å². The van der Waals surface area contributed by atoms with E-state index in [1.807, 2.05) is 0 Å². The number of amides is 1. The summed E-state index contributed by atoms with van der Waals surface area (Å²) in [7, 11) is 0. The molecule has 1 aromatic carbocycles. The van der Waals surface area contributed by atoms with Gasteiger partial charge in [0.2, 0.25) is 0 Å². The lowest BCUT2D eigenvalue weighted by molar-refractivity contribution is -0.149. The van der Waals surface area contributed by atoms with Crippen LogP contribution in [-0.4, -0.2) is 34.7 Å². The van der Waals surface area contributed by atoms with Crippen LogP contribution in [0.3, 0.4) is 0 Å². The fourth-order valence-electron chi connectivity index (χ4n) is 6.13. The van der Waals surface area contributed by atoms with Gasteiger partial charge in [0.25, 0.3) is 5.91 Å². The molecule has 0 aliphatic heterocycles. The largest absolute Gasteiger partial charge is 0.366 e. The molecule has 5 rings (SSSR count). The smallest absolute Gasteiger partial charge is 0.252 e. The van der Waals surface area contributed by atoms with Crippen molar-refractivity contribution in [2.24, 2.45) is 23.2 Å². The van der Waals surface area contributed by atoms with Gasteiger partial charge in [0.15, 0.2) is 12.6 Å². The highest BCUT2D eigenvalue weighted by atomic mass is 16.5. The number of aliphatic hydroxyl groups excluding tert-OH is 1.